The highest BCUT2D eigenvalue weighted by atomic mass is 16.9. The fraction of sp³-hybridized carbons (Fsp3) is 1.00. The molecule has 0 aliphatic carbocycles. The van der Waals surface area contributed by atoms with Crippen molar-refractivity contribution in [3.05, 3.63) is 0 Å². The SMILES string of the molecule is CCCCCCCC[C@H](CCCN(C)C)C(OC)(OC)OC. The number of ether oxygens (including phenoxy) is 3. The van der Waals surface area contributed by atoms with Gasteiger partial charge in [-0.15, -0.1) is 0 Å². The van der Waals surface area contributed by atoms with E-state index in [1.165, 1.54) is 38.5 Å². The summed E-state index contributed by atoms with van der Waals surface area (Å²) in [5.41, 5.74) is 0. The van der Waals surface area contributed by atoms with Crippen molar-refractivity contribution < 1.29 is 14.2 Å². The van der Waals surface area contributed by atoms with Gasteiger partial charge in [0.2, 0.25) is 0 Å². The smallest absolute Gasteiger partial charge is 0.285 e. The van der Waals surface area contributed by atoms with Crippen LogP contribution in [0.3, 0.4) is 0 Å². The minimum Gasteiger partial charge on any atom is -0.331 e. The summed E-state index contributed by atoms with van der Waals surface area (Å²) in [6, 6.07) is 0. The average Bonchev–Trinajstić information content (AvgIpc) is 2.51. The summed E-state index contributed by atoms with van der Waals surface area (Å²) in [4.78, 5) is 2.22. The fourth-order valence-electron chi connectivity index (χ4n) is 3.07. The summed E-state index contributed by atoms with van der Waals surface area (Å²) < 4.78 is 16.8. The fourth-order valence-corrected chi connectivity index (χ4v) is 3.07. The Morgan fingerprint density at radius 3 is 1.77 bits per heavy atom. The van der Waals surface area contributed by atoms with Crippen molar-refractivity contribution >= 4 is 0 Å². The summed E-state index contributed by atoms with van der Waals surface area (Å²) in [5, 5.41) is 0. The molecule has 1 atom stereocenters. The summed E-state index contributed by atoms with van der Waals surface area (Å²) in [7, 11) is 9.24. The third-order valence-corrected chi connectivity index (χ3v) is 4.42. The van der Waals surface area contributed by atoms with Crippen LogP contribution in [0.4, 0.5) is 0 Å². The molecule has 0 aliphatic rings. The van der Waals surface area contributed by atoms with Gasteiger partial charge in [0.05, 0.1) is 0 Å². The first-order valence-corrected chi connectivity index (χ1v) is 8.86. The van der Waals surface area contributed by atoms with Crippen molar-refractivity contribution in [1.29, 1.82) is 0 Å². The van der Waals surface area contributed by atoms with Crippen LogP contribution in [0.2, 0.25) is 0 Å². The lowest BCUT2D eigenvalue weighted by Gasteiger charge is -2.36. The molecule has 0 spiro atoms. The van der Waals surface area contributed by atoms with Crippen molar-refractivity contribution in [2.45, 2.75) is 70.7 Å². The molecule has 0 saturated carbocycles. The Bertz CT molecular complexity index is 234. The third-order valence-electron chi connectivity index (χ3n) is 4.42. The van der Waals surface area contributed by atoms with Crippen LogP contribution >= 0.6 is 0 Å². The van der Waals surface area contributed by atoms with Gasteiger partial charge in [-0.05, 0) is 39.9 Å². The van der Waals surface area contributed by atoms with E-state index in [0.29, 0.717) is 0 Å². The van der Waals surface area contributed by atoms with Crippen molar-refractivity contribution in [2.75, 3.05) is 42.0 Å². The Labute approximate surface area is 138 Å². The molecule has 0 rings (SSSR count). The zero-order valence-corrected chi connectivity index (χ0v) is 15.8. The van der Waals surface area contributed by atoms with Gasteiger partial charge >= 0.3 is 0 Å². The molecule has 0 radical (unpaired) electrons. The number of rotatable bonds is 15. The average molecular weight is 318 g/mol. The highest BCUT2D eigenvalue weighted by molar-refractivity contribution is 4.72. The molecule has 134 valence electrons. The van der Waals surface area contributed by atoms with E-state index in [0.717, 1.165) is 25.8 Å². The van der Waals surface area contributed by atoms with Crippen LogP contribution in [0, 0.1) is 5.92 Å². The van der Waals surface area contributed by atoms with Crippen LogP contribution in [-0.2, 0) is 14.2 Å². The van der Waals surface area contributed by atoms with Gasteiger partial charge in [-0.2, -0.15) is 0 Å². The molecule has 0 unspecified atom stereocenters. The van der Waals surface area contributed by atoms with Crippen molar-refractivity contribution in [2.24, 2.45) is 5.92 Å². The zero-order valence-electron chi connectivity index (χ0n) is 15.8. The van der Waals surface area contributed by atoms with E-state index in [9.17, 15) is 0 Å². The highest BCUT2D eigenvalue weighted by Gasteiger charge is 2.39. The maximum absolute atomic E-state index is 5.59. The van der Waals surface area contributed by atoms with Crippen molar-refractivity contribution in [1.82, 2.24) is 4.90 Å². The maximum atomic E-state index is 5.59. The Kier molecular flexibility index (Phi) is 13.2. The largest absolute Gasteiger partial charge is 0.331 e. The molecule has 0 bridgehead atoms. The minimum atomic E-state index is -0.893. The normalized spacial score (nSPS) is 13.8. The lowest BCUT2D eigenvalue weighted by Crippen LogP contribution is -2.44. The van der Waals surface area contributed by atoms with Gasteiger partial charge in [-0.3, -0.25) is 0 Å². The second kappa shape index (κ2) is 13.3. The van der Waals surface area contributed by atoms with Gasteiger partial charge in [-0.1, -0.05) is 45.4 Å². The van der Waals surface area contributed by atoms with Crippen LogP contribution in [0.25, 0.3) is 0 Å². The van der Waals surface area contributed by atoms with E-state index >= 15 is 0 Å². The molecule has 0 fully saturated rings. The number of nitrogens with zero attached hydrogens (tertiary/aromatic N) is 1. The predicted octanol–water partition coefficient (Wildman–Crippen LogP) is 4.29. The van der Waals surface area contributed by atoms with Gasteiger partial charge in [0.1, 0.15) is 0 Å². The van der Waals surface area contributed by atoms with Crippen LogP contribution in [0.5, 0.6) is 0 Å². The Morgan fingerprint density at radius 1 is 0.773 bits per heavy atom. The molecule has 0 aromatic carbocycles. The first kappa shape index (κ1) is 21.8. The van der Waals surface area contributed by atoms with Crippen LogP contribution in [-0.4, -0.2) is 52.8 Å². The minimum absolute atomic E-state index is 0.277. The summed E-state index contributed by atoms with van der Waals surface area (Å²) in [5.74, 6) is -0.617. The molecule has 0 N–H and O–H groups in total. The van der Waals surface area contributed by atoms with E-state index in [-0.39, 0.29) is 5.92 Å². The van der Waals surface area contributed by atoms with E-state index in [4.69, 9.17) is 14.2 Å². The molecule has 22 heavy (non-hydrogen) atoms. The molecule has 0 amide bonds. The number of unbranched alkanes of at least 4 members (excludes halogenated alkanes) is 5. The Balaban J connectivity index is 4.38. The number of hydrogen-bond acceptors (Lipinski definition) is 4. The summed E-state index contributed by atoms with van der Waals surface area (Å²) >= 11 is 0. The standard InChI is InChI=1S/C18H39NO3/c1-7-8-9-10-11-12-14-17(15-13-16-19(2)3)18(20-4,21-5)22-6/h17H,7-16H2,1-6H3/t17-/m1/s1. The lowest BCUT2D eigenvalue weighted by molar-refractivity contribution is -0.380. The summed E-state index contributed by atoms with van der Waals surface area (Å²) in [6.45, 7) is 3.34. The molecule has 4 nitrogen and oxygen atoms in total. The van der Waals surface area contributed by atoms with Crippen LogP contribution in [0.15, 0.2) is 0 Å². The van der Waals surface area contributed by atoms with E-state index in [2.05, 4.69) is 25.9 Å². The van der Waals surface area contributed by atoms with Gasteiger partial charge in [0.25, 0.3) is 5.97 Å². The van der Waals surface area contributed by atoms with E-state index < -0.39 is 5.97 Å². The Morgan fingerprint density at radius 2 is 1.27 bits per heavy atom. The van der Waals surface area contributed by atoms with Gasteiger partial charge in [0, 0.05) is 27.2 Å². The first-order chi connectivity index (χ1) is 10.6. The molecule has 0 saturated heterocycles. The lowest BCUT2D eigenvalue weighted by atomic mass is 9.93. The molecule has 0 aromatic heterocycles. The molecule has 0 aliphatic heterocycles. The first-order valence-electron chi connectivity index (χ1n) is 8.86. The topological polar surface area (TPSA) is 30.9 Å². The highest BCUT2D eigenvalue weighted by Crippen LogP contribution is 2.32. The monoisotopic (exact) mass is 317 g/mol. The second-order valence-electron chi connectivity index (χ2n) is 6.41. The molecule has 4 heteroatoms. The second-order valence-corrected chi connectivity index (χ2v) is 6.41. The number of hydrogen-bond donors (Lipinski definition) is 0. The van der Waals surface area contributed by atoms with Gasteiger partial charge < -0.3 is 19.1 Å². The van der Waals surface area contributed by atoms with E-state index in [1.807, 2.05) is 0 Å². The van der Waals surface area contributed by atoms with Crippen LogP contribution in [0.1, 0.15) is 64.7 Å². The summed E-state index contributed by atoms with van der Waals surface area (Å²) in [6.07, 6.45) is 11.1. The number of methoxy groups -OCH3 is 3. The molecular formula is C18H39NO3. The van der Waals surface area contributed by atoms with Gasteiger partial charge in [0.15, 0.2) is 0 Å². The maximum Gasteiger partial charge on any atom is 0.285 e. The third kappa shape index (κ3) is 8.47. The molecular weight excluding hydrogens is 278 g/mol. The quantitative estimate of drug-likeness (QED) is 0.333. The van der Waals surface area contributed by atoms with Gasteiger partial charge in [-0.25, -0.2) is 0 Å². The van der Waals surface area contributed by atoms with Crippen molar-refractivity contribution in [3.63, 3.8) is 0 Å². The predicted molar refractivity (Wildman–Crippen MR) is 93.0 cm³/mol. The van der Waals surface area contributed by atoms with Crippen LogP contribution < -0.4 is 0 Å². The molecule has 0 aromatic rings. The zero-order chi connectivity index (χ0) is 16.8. The van der Waals surface area contributed by atoms with E-state index in [1.54, 1.807) is 21.3 Å². The van der Waals surface area contributed by atoms with Crippen molar-refractivity contribution in [3.8, 4) is 0 Å². The molecule has 0 heterocycles. The Hall–Kier alpha value is -0.160.